The van der Waals surface area contributed by atoms with E-state index in [1.165, 1.54) is 70.6 Å². The van der Waals surface area contributed by atoms with Gasteiger partial charge in [0.25, 0.3) is 0 Å². The zero-order chi connectivity index (χ0) is 49.2. The molecular weight excluding hydrogens is 831 g/mol. The molecule has 0 bridgehead atoms. The molecule has 4 nitrogen and oxygen atoms in total. The van der Waals surface area contributed by atoms with E-state index in [-0.39, 0.29) is 12.5 Å². The summed E-state index contributed by atoms with van der Waals surface area (Å²) >= 11 is 0. The second kappa shape index (κ2) is 57.1. The summed E-state index contributed by atoms with van der Waals surface area (Å²) in [5.41, 5.74) is 0. The van der Waals surface area contributed by atoms with Crippen molar-refractivity contribution < 1.29 is 15.0 Å². The summed E-state index contributed by atoms with van der Waals surface area (Å²) in [6, 6.07) is -0.675. The first kappa shape index (κ1) is 63.8. The number of hydrogen-bond donors (Lipinski definition) is 3. The fourth-order valence-electron chi connectivity index (χ4n) is 7.06. The van der Waals surface area contributed by atoms with Crippen LogP contribution in [0, 0.1) is 0 Å². The predicted octanol–water partition coefficient (Wildman–Crippen LogP) is 18.4. The second-order valence-corrected chi connectivity index (χ2v) is 17.6. The number of aliphatic hydroxyl groups excluding tert-OH is 2. The number of carbonyl (C=O) groups excluding carboxylic acids is 1. The van der Waals surface area contributed by atoms with E-state index in [2.05, 4.69) is 177 Å². The van der Waals surface area contributed by atoms with Crippen LogP contribution in [0.25, 0.3) is 0 Å². The van der Waals surface area contributed by atoms with E-state index in [0.717, 1.165) is 116 Å². The standard InChI is InChI=1S/C64H101NO3/c1-3-5-7-9-11-13-15-17-19-21-22-23-24-25-26-27-28-29-30-31-32-33-34-35-36-37-38-39-40-41-42-44-46-48-50-52-54-56-58-60-64(68)65-62(61-66)63(67)59-57-55-53-51-49-47-45-43-20-18-16-14-12-10-8-6-4-2/h5,7,11,13,17,19,22-23,25-26,28-29,31-32,34-35,37-38,40-41,44,46,49-52,57,59,62-63,66-67H,3-4,6,8-10,12,14-16,18,20-21,24,27,30,33,36,39,42-43,45,47-48,53-56,58,60-61H2,1-2H3,(H,65,68)/b7-5-,13-11-,19-17-,23-22-,26-25-,29-28-,32-31-,35-34-,38-37-,41-40-,46-44-,51-49+,52-50-,59-57+. The molecule has 0 aliphatic carbocycles. The van der Waals surface area contributed by atoms with Gasteiger partial charge in [-0.3, -0.25) is 4.79 Å². The molecular formula is C64H101NO3. The molecule has 0 aromatic carbocycles. The number of allylic oxidation sites excluding steroid dienone is 27. The normalized spacial score (nSPS) is 14.2. The van der Waals surface area contributed by atoms with Crippen molar-refractivity contribution in [2.45, 2.75) is 219 Å². The molecule has 2 unspecified atom stereocenters. The summed E-state index contributed by atoms with van der Waals surface area (Å²) in [6.45, 7) is 4.15. The molecule has 0 spiro atoms. The molecule has 0 aromatic heterocycles. The zero-order valence-corrected chi connectivity index (χ0v) is 43.5. The van der Waals surface area contributed by atoms with Gasteiger partial charge in [0.05, 0.1) is 18.8 Å². The molecule has 0 saturated heterocycles. The van der Waals surface area contributed by atoms with Gasteiger partial charge in [-0.1, -0.05) is 248 Å². The van der Waals surface area contributed by atoms with Gasteiger partial charge in [-0.2, -0.15) is 0 Å². The third kappa shape index (κ3) is 52.7. The Morgan fingerprint density at radius 2 is 0.662 bits per heavy atom. The highest BCUT2D eigenvalue weighted by atomic mass is 16.3. The van der Waals surface area contributed by atoms with E-state index in [4.69, 9.17) is 0 Å². The molecule has 0 heterocycles. The Bertz CT molecular complexity index is 1520. The van der Waals surface area contributed by atoms with Gasteiger partial charge >= 0.3 is 0 Å². The quantitative estimate of drug-likeness (QED) is 0.0421. The van der Waals surface area contributed by atoms with Crippen molar-refractivity contribution in [3.05, 3.63) is 170 Å². The SMILES string of the molecule is CC/C=C\C/C=C\C/C=C\C/C=C\C/C=C\C/C=C\C/C=C\C/C=C\C/C=C\C/C=C\C/C=C\C/C=C\CCCCC(=O)NC(CO)C(O)/C=C/CC/C=C/CCCCCCCCCCCCC. The topological polar surface area (TPSA) is 69.6 Å². The monoisotopic (exact) mass is 932 g/mol. The molecule has 0 rings (SSSR count). The summed E-state index contributed by atoms with van der Waals surface area (Å²) in [7, 11) is 0. The van der Waals surface area contributed by atoms with Crippen molar-refractivity contribution in [3.8, 4) is 0 Å². The van der Waals surface area contributed by atoms with Crippen LogP contribution >= 0.6 is 0 Å². The summed E-state index contributed by atoms with van der Waals surface area (Å²) < 4.78 is 0. The zero-order valence-electron chi connectivity index (χ0n) is 43.5. The number of unbranched alkanes of at least 4 members (excludes halogenated alkanes) is 14. The molecule has 0 aliphatic rings. The van der Waals surface area contributed by atoms with Crippen LogP contribution in [0.15, 0.2) is 170 Å². The highest BCUT2D eigenvalue weighted by Crippen LogP contribution is 2.13. The fraction of sp³-hybridized carbons (Fsp3) is 0.547. The third-order valence-corrected chi connectivity index (χ3v) is 11.2. The Labute approximate surface area is 419 Å². The largest absolute Gasteiger partial charge is 0.394 e. The molecule has 1 amide bonds. The summed E-state index contributed by atoms with van der Waals surface area (Å²) in [5.74, 6) is -0.124. The van der Waals surface area contributed by atoms with Crippen molar-refractivity contribution in [1.82, 2.24) is 5.32 Å². The summed E-state index contributed by atoms with van der Waals surface area (Å²) in [6.07, 6.45) is 93.5. The number of aliphatic hydroxyl groups is 2. The van der Waals surface area contributed by atoms with Gasteiger partial charge in [-0.25, -0.2) is 0 Å². The van der Waals surface area contributed by atoms with Crippen LogP contribution in [0.2, 0.25) is 0 Å². The minimum atomic E-state index is -0.893. The first-order valence-corrected chi connectivity index (χ1v) is 27.3. The molecule has 0 aliphatic heterocycles. The number of hydrogen-bond acceptors (Lipinski definition) is 3. The van der Waals surface area contributed by atoms with Crippen LogP contribution in [0.3, 0.4) is 0 Å². The van der Waals surface area contributed by atoms with E-state index < -0.39 is 12.1 Å². The molecule has 4 heteroatoms. The van der Waals surface area contributed by atoms with Gasteiger partial charge in [0, 0.05) is 6.42 Å². The maximum atomic E-state index is 12.4. The smallest absolute Gasteiger partial charge is 0.220 e. The maximum Gasteiger partial charge on any atom is 0.220 e. The van der Waals surface area contributed by atoms with Gasteiger partial charge in [-0.05, 0) is 122 Å². The molecule has 0 aromatic rings. The highest BCUT2D eigenvalue weighted by molar-refractivity contribution is 5.76. The molecule has 2 atom stereocenters. The van der Waals surface area contributed by atoms with Crippen molar-refractivity contribution in [2.75, 3.05) is 6.61 Å². The van der Waals surface area contributed by atoms with Crippen LogP contribution in [0.5, 0.6) is 0 Å². The molecule has 380 valence electrons. The molecule has 68 heavy (non-hydrogen) atoms. The van der Waals surface area contributed by atoms with Gasteiger partial charge in [-0.15, -0.1) is 0 Å². The van der Waals surface area contributed by atoms with Gasteiger partial charge in [0.15, 0.2) is 0 Å². The van der Waals surface area contributed by atoms with E-state index in [0.29, 0.717) is 6.42 Å². The lowest BCUT2D eigenvalue weighted by atomic mass is 10.1. The van der Waals surface area contributed by atoms with Crippen molar-refractivity contribution in [3.63, 3.8) is 0 Å². The lowest BCUT2D eigenvalue weighted by Gasteiger charge is -2.19. The third-order valence-electron chi connectivity index (χ3n) is 11.2. The minimum absolute atomic E-state index is 0.124. The Morgan fingerprint density at radius 1 is 0.368 bits per heavy atom. The minimum Gasteiger partial charge on any atom is -0.394 e. The van der Waals surface area contributed by atoms with Gasteiger partial charge < -0.3 is 15.5 Å². The maximum absolute atomic E-state index is 12.4. The van der Waals surface area contributed by atoms with Crippen LogP contribution < -0.4 is 5.32 Å². The van der Waals surface area contributed by atoms with E-state index in [1.807, 2.05) is 6.08 Å². The molecule has 3 N–H and O–H groups in total. The van der Waals surface area contributed by atoms with Gasteiger partial charge in [0.1, 0.15) is 0 Å². The Hall–Kier alpha value is -4.25. The number of nitrogens with one attached hydrogen (secondary N) is 1. The molecule has 0 radical (unpaired) electrons. The van der Waals surface area contributed by atoms with Crippen LogP contribution in [0.4, 0.5) is 0 Å². The summed E-state index contributed by atoms with van der Waals surface area (Å²) in [5, 5.41) is 23.0. The van der Waals surface area contributed by atoms with E-state index in [1.54, 1.807) is 6.08 Å². The fourth-order valence-corrected chi connectivity index (χ4v) is 7.06. The highest BCUT2D eigenvalue weighted by Gasteiger charge is 2.17. The predicted molar refractivity (Wildman–Crippen MR) is 303 cm³/mol. The lowest BCUT2D eigenvalue weighted by molar-refractivity contribution is -0.123. The number of amides is 1. The average molecular weight is 933 g/mol. The molecule has 0 saturated carbocycles. The summed E-state index contributed by atoms with van der Waals surface area (Å²) in [4.78, 5) is 12.4. The average Bonchev–Trinajstić information content (AvgIpc) is 3.34. The molecule has 0 fully saturated rings. The van der Waals surface area contributed by atoms with Crippen molar-refractivity contribution in [2.24, 2.45) is 0 Å². The number of carbonyl (C=O) groups is 1. The lowest BCUT2D eigenvalue weighted by Crippen LogP contribution is -2.45. The van der Waals surface area contributed by atoms with Crippen molar-refractivity contribution >= 4 is 5.91 Å². The Kier molecular flexibility index (Phi) is 53.5. The van der Waals surface area contributed by atoms with E-state index >= 15 is 0 Å². The van der Waals surface area contributed by atoms with Crippen molar-refractivity contribution in [1.29, 1.82) is 0 Å². The van der Waals surface area contributed by atoms with Crippen LogP contribution in [0.1, 0.15) is 206 Å². The first-order valence-electron chi connectivity index (χ1n) is 27.3. The second-order valence-electron chi connectivity index (χ2n) is 17.6. The Balaban J connectivity index is 3.78. The van der Waals surface area contributed by atoms with Crippen LogP contribution in [-0.2, 0) is 4.79 Å². The van der Waals surface area contributed by atoms with Crippen LogP contribution in [-0.4, -0.2) is 34.9 Å². The number of rotatable bonds is 47. The van der Waals surface area contributed by atoms with E-state index in [9.17, 15) is 15.0 Å². The van der Waals surface area contributed by atoms with Gasteiger partial charge in [0.2, 0.25) is 5.91 Å². The first-order chi connectivity index (χ1) is 33.7. The Morgan fingerprint density at radius 3 is 1.03 bits per heavy atom.